The highest BCUT2D eigenvalue weighted by Gasteiger charge is 2.45. The summed E-state index contributed by atoms with van der Waals surface area (Å²) >= 11 is 0. The molecular weight excluding hydrogens is 128 g/mol. The van der Waals surface area contributed by atoms with Gasteiger partial charge in [0.15, 0.2) is 0 Å². The number of rotatable bonds is 2. The lowest BCUT2D eigenvalue weighted by Crippen LogP contribution is -2.18. The van der Waals surface area contributed by atoms with Crippen molar-refractivity contribution < 1.29 is 4.79 Å². The van der Waals surface area contributed by atoms with Crippen LogP contribution < -0.4 is 0 Å². The topological polar surface area (TPSA) is 34.9 Å². The normalized spacial score (nSPS) is 20.4. The molecule has 0 N–H and O–H groups in total. The van der Waals surface area contributed by atoms with Crippen LogP contribution in [-0.2, 0) is 10.3 Å². The summed E-state index contributed by atoms with van der Waals surface area (Å²) in [7, 11) is 0. The fourth-order valence-electron chi connectivity index (χ4n) is 1.06. The fourth-order valence-corrected chi connectivity index (χ4v) is 1.06. The molecular formula is C7H8N2O. The average Bonchev–Trinajstić information content (AvgIpc) is 2.58. The second-order valence-electron chi connectivity index (χ2n) is 2.67. The lowest BCUT2D eigenvalue weighted by molar-refractivity contribution is -0.111. The minimum absolute atomic E-state index is 0.260. The Hall–Kier alpha value is -1.12. The van der Waals surface area contributed by atoms with Crippen molar-refractivity contribution in [1.82, 2.24) is 9.78 Å². The van der Waals surface area contributed by atoms with Crippen LogP contribution >= 0.6 is 0 Å². The fraction of sp³-hybridized carbons (Fsp3) is 0.429. The van der Waals surface area contributed by atoms with Gasteiger partial charge in [0.2, 0.25) is 0 Å². The van der Waals surface area contributed by atoms with Gasteiger partial charge in [0.1, 0.15) is 11.8 Å². The minimum atomic E-state index is -0.260. The van der Waals surface area contributed by atoms with Gasteiger partial charge in [0, 0.05) is 12.4 Å². The number of aromatic nitrogens is 2. The largest absolute Gasteiger partial charge is 0.301 e. The molecule has 0 bridgehead atoms. The van der Waals surface area contributed by atoms with E-state index in [2.05, 4.69) is 5.10 Å². The molecule has 1 aliphatic rings. The molecule has 3 nitrogen and oxygen atoms in total. The van der Waals surface area contributed by atoms with Crippen molar-refractivity contribution in [3.8, 4) is 0 Å². The Kier molecular flexibility index (Phi) is 0.952. The summed E-state index contributed by atoms with van der Waals surface area (Å²) in [5.41, 5.74) is -0.260. The van der Waals surface area contributed by atoms with Crippen molar-refractivity contribution in [2.24, 2.45) is 0 Å². The summed E-state index contributed by atoms with van der Waals surface area (Å²) in [4.78, 5) is 10.5. The summed E-state index contributed by atoms with van der Waals surface area (Å²) in [6.45, 7) is 0. The number of hydrogen-bond donors (Lipinski definition) is 0. The van der Waals surface area contributed by atoms with Crippen LogP contribution in [0.1, 0.15) is 12.8 Å². The molecule has 0 radical (unpaired) electrons. The van der Waals surface area contributed by atoms with E-state index in [0.29, 0.717) is 0 Å². The maximum atomic E-state index is 10.5. The predicted octanol–water partition coefficient (Wildman–Crippen LogP) is 0.571. The molecule has 1 aliphatic carbocycles. The van der Waals surface area contributed by atoms with Crippen molar-refractivity contribution in [2.45, 2.75) is 18.4 Å². The monoisotopic (exact) mass is 136 g/mol. The number of nitrogens with zero attached hydrogens (tertiary/aromatic N) is 2. The highest BCUT2D eigenvalue weighted by atomic mass is 16.1. The molecule has 1 fully saturated rings. The van der Waals surface area contributed by atoms with Gasteiger partial charge in [-0.2, -0.15) is 5.10 Å². The molecule has 1 heterocycles. The number of carbonyl (C=O) groups is 1. The third-order valence-electron chi connectivity index (χ3n) is 1.94. The summed E-state index contributed by atoms with van der Waals surface area (Å²) in [6.07, 6.45) is 6.40. The second kappa shape index (κ2) is 1.68. The Balaban J connectivity index is 2.35. The Morgan fingerprint density at radius 1 is 1.60 bits per heavy atom. The zero-order chi connectivity index (χ0) is 7.03. The summed E-state index contributed by atoms with van der Waals surface area (Å²) in [5, 5.41) is 4.01. The van der Waals surface area contributed by atoms with Crippen LogP contribution in [0.4, 0.5) is 0 Å². The molecule has 1 saturated carbocycles. The maximum Gasteiger partial charge on any atom is 0.147 e. The number of hydrogen-bond acceptors (Lipinski definition) is 2. The van der Waals surface area contributed by atoms with Gasteiger partial charge in [0.25, 0.3) is 0 Å². The summed E-state index contributed by atoms with van der Waals surface area (Å²) in [6, 6.07) is 1.84. The van der Waals surface area contributed by atoms with E-state index in [-0.39, 0.29) is 5.54 Å². The first-order valence-corrected chi connectivity index (χ1v) is 3.34. The van der Waals surface area contributed by atoms with E-state index in [0.717, 1.165) is 19.1 Å². The van der Waals surface area contributed by atoms with Crippen LogP contribution in [0.25, 0.3) is 0 Å². The van der Waals surface area contributed by atoms with Crippen LogP contribution in [0.3, 0.4) is 0 Å². The number of aldehydes is 1. The Morgan fingerprint density at radius 3 is 2.80 bits per heavy atom. The van der Waals surface area contributed by atoms with E-state index in [4.69, 9.17) is 0 Å². The minimum Gasteiger partial charge on any atom is -0.301 e. The first kappa shape index (κ1) is 5.65. The third kappa shape index (κ3) is 0.602. The van der Waals surface area contributed by atoms with Crippen LogP contribution in [-0.4, -0.2) is 16.1 Å². The smallest absolute Gasteiger partial charge is 0.147 e. The van der Waals surface area contributed by atoms with Crippen molar-refractivity contribution in [3.63, 3.8) is 0 Å². The Morgan fingerprint density at radius 2 is 2.40 bits per heavy atom. The molecule has 0 aliphatic heterocycles. The van der Waals surface area contributed by atoms with E-state index in [9.17, 15) is 4.79 Å². The van der Waals surface area contributed by atoms with Gasteiger partial charge in [-0.1, -0.05) is 0 Å². The Bertz CT molecular complexity index is 236. The quantitative estimate of drug-likeness (QED) is 0.557. The summed E-state index contributed by atoms with van der Waals surface area (Å²) < 4.78 is 1.74. The van der Waals surface area contributed by atoms with Gasteiger partial charge in [-0.05, 0) is 18.9 Å². The van der Waals surface area contributed by atoms with Gasteiger partial charge >= 0.3 is 0 Å². The van der Waals surface area contributed by atoms with E-state index >= 15 is 0 Å². The van der Waals surface area contributed by atoms with E-state index < -0.39 is 0 Å². The lowest BCUT2D eigenvalue weighted by atomic mass is 10.3. The van der Waals surface area contributed by atoms with Gasteiger partial charge in [-0.3, -0.25) is 4.68 Å². The predicted molar refractivity (Wildman–Crippen MR) is 35.5 cm³/mol. The van der Waals surface area contributed by atoms with Gasteiger partial charge in [-0.15, -0.1) is 0 Å². The highest BCUT2D eigenvalue weighted by Crippen LogP contribution is 2.40. The SMILES string of the molecule is O=CC1(n2cccn2)CC1. The molecule has 0 spiro atoms. The third-order valence-corrected chi connectivity index (χ3v) is 1.94. The van der Waals surface area contributed by atoms with Crippen LogP contribution in [0.5, 0.6) is 0 Å². The molecule has 1 aromatic heterocycles. The zero-order valence-corrected chi connectivity index (χ0v) is 5.53. The highest BCUT2D eigenvalue weighted by molar-refractivity contribution is 5.65. The van der Waals surface area contributed by atoms with Crippen molar-refractivity contribution >= 4 is 6.29 Å². The molecule has 0 unspecified atom stereocenters. The molecule has 0 amide bonds. The molecule has 0 aromatic carbocycles. The zero-order valence-electron chi connectivity index (χ0n) is 5.53. The molecule has 0 saturated heterocycles. The first-order valence-electron chi connectivity index (χ1n) is 3.34. The van der Waals surface area contributed by atoms with E-state index in [1.807, 2.05) is 12.3 Å². The lowest BCUT2D eigenvalue weighted by Gasteiger charge is -2.05. The molecule has 0 atom stereocenters. The number of carbonyl (C=O) groups excluding carboxylic acids is 1. The molecule has 2 rings (SSSR count). The summed E-state index contributed by atoms with van der Waals surface area (Å²) in [5.74, 6) is 0. The molecule has 52 valence electrons. The maximum absolute atomic E-state index is 10.5. The second-order valence-corrected chi connectivity index (χ2v) is 2.67. The molecule has 1 aromatic rings. The van der Waals surface area contributed by atoms with Crippen LogP contribution in [0, 0.1) is 0 Å². The van der Waals surface area contributed by atoms with Gasteiger partial charge < -0.3 is 4.79 Å². The van der Waals surface area contributed by atoms with Gasteiger partial charge in [0.05, 0.1) is 0 Å². The molecule has 10 heavy (non-hydrogen) atoms. The van der Waals surface area contributed by atoms with E-state index in [1.165, 1.54) is 0 Å². The van der Waals surface area contributed by atoms with Crippen molar-refractivity contribution in [1.29, 1.82) is 0 Å². The van der Waals surface area contributed by atoms with Crippen LogP contribution in [0.15, 0.2) is 18.5 Å². The van der Waals surface area contributed by atoms with E-state index in [1.54, 1.807) is 10.9 Å². The average molecular weight is 136 g/mol. The van der Waals surface area contributed by atoms with Crippen LogP contribution in [0.2, 0.25) is 0 Å². The molecule has 3 heteroatoms. The Labute approximate surface area is 58.7 Å². The standard InChI is InChI=1S/C7H8N2O/c10-6-7(2-3-7)9-5-1-4-8-9/h1,4-6H,2-3H2. The first-order chi connectivity index (χ1) is 4.87. The van der Waals surface area contributed by atoms with Gasteiger partial charge in [-0.25, -0.2) is 0 Å². The van der Waals surface area contributed by atoms with Crippen molar-refractivity contribution in [3.05, 3.63) is 18.5 Å². The van der Waals surface area contributed by atoms with Crippen molar-refractivity contribution in [2.75, 3.05) is 0 Å².